The second-order valence-corrected chi connectivity index (χ2v) is 3.11. The number of hydrogen-bond donors (Lipinski definition) is 1. The minimum absolute atomic E-state index is 0.251. The van der Waals surface area contributed by atoms with E-state index < -0.39 is 5.97 Å². The van der Waals surface area contributed by atoms with Crippen LogP contribution in [0.1, 0.15) is 25.7 Å². The van der Waals surface area contributed by atoms with Gasteiger partial charge in [0.1, 0.15) is 0 Å². The fourth-order valence-electron chi connectivity index (χ4n) is 0.690. The molecular formula is C8H11NO2S3. The number of rotatable bonds is 6. The lowest BCUT2D eigenvalue weighted by atomic mass is 10.2. The van der Waals surface area contributed by atoms with Crippen molar-refractivity contribution in [2.75, 3.05) is 6.54 Å². The summed E-state index contributed by atoms with van der Waals surface area (Å²) < 4.78 is 1.92. The fraction of sp³-hybridized carbons (Fsp3) is 0.625. The Morgan fingerprint density at radius 2 is 1.79 bits per heavy atom. The highest BCUT2D eigenvalue weighted by Gasteiger charge is 1.94. The first kappa shape index (κ1) is 15.9. The Hall–Kier alpha value is -0.510. The van der Waals surface area contributed by atoms with Crippen molar-refractivity contribution in [2.45, 2.75) is 25.7 Å². The van der Waals surface area contributed by atoms with Gasteiger partial charge in [0.25, 0.3) is 0 Å². The number of isothiocyanates is 1. The number of carbonyl (C=O) groups is 1. The van der Waals surface area contributed by atoms with Gasteiger partial charge in [-0.15, -0.1) is 0 Å². The number of nitrogens with zero attached hydrogens (tertiary/aromatic N) is 1. The van der Waals surface area contributed by atoms with Crippen molar-refractivity contribution >= 4 is 52.1 Å². The van der Waals surface area contributed by atoms with Gasteiger partial charge in [-0.2, -0.15) is 0 Å². The molecule has 0 aromatic heterocycles. The molecule has 0 aliphatic carbocycles. The quantitative estimate of drug-likeness (QED) is 0.445. The van der Waals surface area contributed by atoms with E-state index in [1.54, 1.807) is 0 Å². The van der Waals surface area contributed by atoms with Crippen molar-refractivity contribution in [3.8, 4) is 0 Å². The normalized spacial score (nSPS) is 7.43. The number of aliphatic imine (C=N–C) groups is 1. The summed E-state index contributed by atoms with van der Waals surface area (Å²) in [6.45, 7) is 0.670. The monoisotopic (exact) mass is 249 g/mol. The summed E-state index contributed by atoms with van der Waals surface area (Å²) in [4.78, 5) is 13.7. The molecule has 0 amide bonds. The fourth-order valence-corrected chi connectivity index (χ4v) is 0.781. The molecule has 0 bridgehead atoms. The largest absolute Gasteiger partial charge is 0.481 e. The number of hydrogen-bond acceptors (Lipinski definition) is 5. The third-order valence-corrected chi connectivity index (χ3v) is 1.35. The number of aliphatic carboxylic acids is 1. The van der Waals surface area contributed by atoms with Crippen LogP contribution in [-0.2, 0) is 4.79 Å². The minimum Gasteiger partial charge on any atom is -0.481 e. The van der Waals surface area contributed by atoms with Crippen LogP contribution in [0, 0.1) is 0 Å². The van der Waals surface area contributed by atoms with Crippen LogP contribution in [0.2, 0.25) is 0 Å². The summed E-state index contributed by atoms with van der Waals surface area (Å²) >= 11 is 12.3. The first-order valence-corrected chi connectivity index (χ1v) is 5.16. The van der Waals surface area contributed by atoms with Crippen molar-refractivity contribution in [1.82, 2.24) is 0 Å². The second-order valence-electron chi connectivity index (χ2n) is 2.26. The molecule has 0 aliphatic heterocycles. The molecule has 0 spiro atoms. The molecule has 0 aliphatic rings. The van der Waals surface area contributed by atoms with Gasteiger partial charge in [-0.3, -0.25) is 4.79 Å². The van der Waals surface area contributed by atoms with Gasteiger partial charge >= 0.3 is 5.97 Å². The topological polar surface area (TPSA) is 49.7 Å². The molecule has 0 saturated carbocycles. The molecule has 0 rings (SSSR count). The first-order chi connectivity index (χ1) is 6.68. The Morgan fingerprint density at radius 3 is 2.21 bits per heavy atom. The number of carboxylic acid groups (broad SMARTS) is 1. The average Bonchev–Trinajstić information content (AvgIpc) is 2.12. The lowest BCUT2D eigenvalue weighted by Gasteiger charge is -1.93. The smallest absolute Gasteiger partial charge is 0.303 e. The van der Waals surface area contributed by atoms with Crippen LogP contribution >= 0.6 is 36.7 Å². The molecule has 14 heavy (non-hydrogen) atoms. The number of carboxylic acids is 1. The van der Waals surface area contributed by atoms with Gasteiger partial charge in [0.05, 0.1) is 5.16 Å². The zero-order chi connectivity index (χ0) is 11.2. The lowest BCUT2D eigenvalue weighted by molar-refractivity contribution is -0.137. The number of thiocarbonyl (C=S) groups is 3. The van der Waals surface area contributed by atoms with E-state index in [1.807, 2.05) is 4.31 Å². The van der Waals surface area contributed by atoms with Crippen molar-refractivity contribution in [3.63, 3.8) is 0 Å². The molecule has 6 heteroatoms. The molecule has 0 radical (unpaired) electrons. The van der Waals surface area contributed by atoms with Crippen LogP contribution in [0.5, 0.6) is 0 Å². The van der Waals surface area contributed by atoms with E-state index in [9.17, 15) is 4.79 Å². The minimum atomic E-state index is -0.733. The Morgan fingerprint density at radius 1 is 1.21 bits per heavy atom. The molecule has 0 atom stereocenters. The van der Waals surface area contributed by atoms with Gasteiger partial charge in [-0.1, -0.05) is 6.42 Å². The summed E-state index contributed by atoms with van der Waals surface area (Å²) in [6.07, 6.45) is 2.77. The zero-order valence-electron chi connectivity index (χ0n) is 7.56. The molecule has 0 unspecified atom stereocenters. The van der Waals surface area contributed by atoms with Gasteiger partial charge in [0.15, 0.2) is 0 Å². The SMILES string of the molecule is O=C(O)CCCCCN=C=S.S=C=S. The van der Waals surface area contributed by atoms with Crippen LogP contribution in [0.4, 0.5) is 0 Å². The van der Waals surface area contributed by atoms with E-state index in [1.165, 1.54) is 0 Å². The van der Waals surface area contributed by atoms with Crippen LogP contribution in [0.15, 0.2) is 4.99 Å². The maximum atomic E-state index is 10.0. The van der Waals surface area contributed by atoms with E-state index >= 15 is 0 Å². The van der Waals surface area contributed by atoms with Gasteiger partial charge in [-0.05, 0) is 49.5 Å². The summed E-state index contributed by atoms with van der Waals surface area (Å²) in [5.74, 6) is -0.733. The van der Waals surface area contributed by atoms with Crippen LogP contribution < -0.4 is 0 Å². The lowest BCUT2D eigenvalue weighted by Crippen LogP contribution is -1.93. The highest BCUT2D eigenvalue weighted by atomic mass is 32.1. The van der Waals surface area contributed by atoms with Gasteiger partial charge in [0.2, 0.25) is 0 Å². The van der Waals surface area contributed by atoms with E-state index in [0.717, 1.165) is 19.3 Å². The highest BCUT2D eigenvalue weighted by Crippen LogP contribution is 1.99. The molecule has 0 saturated heterocycles. The molecule has 0 fully saturated rings. The summed E-state index contributed by atoms with van der Waals surface area (Å²) in [7, 11) is 0. The van der Waals surface area contributed by atoms with E-state index in [0.29, 0.717) is 6.54 Å². The standard InChI is InChI=1S/C7H11NO2S.CS2/c9-7(10)4-2-1-3-5-8-6-11;2-1-3/h1-5H2,(H,9,10);. The first-order valence-electron chi connectivity index (χ1n) is 3.93. The summed E-state index contributed by atoms with van der Waals surface area (Å²) in [6, 6.07) is 0. The second kappa shape index (κ2) is 15.0. The summed E-state index contributed by atoms with van der Waals surface area (Å²) in [5.41, 5.74) is 0. The van der Waals surface area contributed by atoms with E-state index in [-0.39, 0.29) is 6.42 Å². The van der Waals surface area contributed by atoms with Crippen molar-refractivity contribution in [1.29, 1.82) is 0 Å². The third kappa shape index (κ3) is 22.5. The predicted octanol–water partition coefficient (Wildman–Crippen LogP) is 2.75. The Bertz CT molecular complexity index is 227. The zero-order valence-corrected chi connectivity index (χ0v) is 10.0. The van der Waals surface area contributed by atoms with Crippen molar-refractivity contribution < 1.29 is 9.90 Å². The molecular weight excluding hydrogens is 238 g/mol. The Labute approximate surface area is 99.2 Å². The maximum absolute atomic E-state index is 10.0. The Kier molecular flexibility index (Phi) is 17.1. The molecule has 0 aromatic carbocycles. The molecule has 0 aromatic rings. The predicted molar refractivity (Wildman–Crippen MR) is 66.2 cm³/mol. The van der Waals surface area contributed by atoms with Crippen LogP contribution in [0.3, 0.4) is 0 Å². The number of unbranched alkanes of at least 4 members (excludes halogenated alkanes) is 2. The van der Waals surface area contributed by atoms with Gasteiger partial charge in [-0.25, -0.2) is 4.99 Å². The molecule has 3 nitrogen and oxygen atoms in total. The van der Waals surface area contributed by atoms with E-state index in [4.69, 9.17) is 5.11 Å². The van der Waals surface area contributed by atoms with Crippen LogP contribution in [0.25, 0.3) is 0 Å². The summed E-state index contributed by atoms with van der Waals surface area (Å²) in [5, 5.41) is 10.5. The molecule has 0 heterocycles. The van der Waals surface area contributed by atoms with E-state index in [2.05, 4.69) is 46.8 Å². The van der Waals surface area contributed by atoms with Crippen LogP contribution in [-0.4, -0.2) is 27.1 Å². The molecule has 1 N–H and O–H groups in total. The van der Waals surface area contributed by atoms with Gasteiger partial charge < -0.3 is 5.11 Å². The van der Waals surface area contributed by atoms with Gasteiger partial charge in [0, 0.05) is 17.3 Å². The van der Waals surface area contributed by atoms with Crippen molar-refractivity contribution in [2.24, 2.45) is 4.99 Å². The third-order valence-electron chi connectivity index (χ3n) is 1.23. The maximum Gasteiger partial charge on any atom is 0.303 e. The average molecular weight is 249 g/mol. The Balaban J connectivity index is 0. The molecule has 78 valence electrons. The van der Waals surface area contributed by atoms with Crippen molar-refractivity contribution in [3.05, 3.63) is 0 Å². The highest BCUT2D eigenvalue weighted by molar-refractivity contribution is 7.93.